The predicted molar refractivity (Wildman–Crippen MR) is 85.5 cm³/mol. The molecule has 2 rings (SSSR count). The average molecular weight is 333 g/mol. The maximum absolute atomic E-state index is 11.5. The van der Waals surface area contributed by atoms with Crippen LogP contribution in [0.4, 0.5) is 0 Å². The Hall–Kier alpha value is -1.61. The summed E-state index contributed by atoms with van der Waals surface area (Å²) >= 11 is 3.34. The quantitative estimate of drug-likeness (QED) is 0.835. The molecule has 0 saturated carbocycles. The number of carboxylic acid groups (broad SMARTS) is 1. The second-order valence-corrected chi connectivity index (χ2v) is 6.05. The van der Waals surface area contributed by atoms with E-state index in [1.54, 1.807) is 6.07 Å². The second kappa shape index (κ2) is 5.41. The molecule has 0 fully saturated rings. The van der Waals surface area contributed by atoms with Crippen LogP contribution in [0.5, 0.6) is 0 Å². The highest BCUT2D eigenvalue weighted by Crippen LogP contribution is 2.34. The molecule has 0 aliphatic rings. The first-order chi connectivity index (χ1) is 9.32. The molecule has 3 heteroatoms. The SMILES string of the molecule is Cc1cc(C)c(C)c(-c2ccc(Br)cc2C(=O)O)c1C. The number of hydrogen-bond acceptors (Lipinski definition) is 1. The van der Waals surface area contributed by atoms with E-state index >= 15 is 0 Å². The van der Waals surface area contributed by atoms with E-state index in [1.165, 1.54) is 11.1 Å². The van der Waals surface area contributed by atoms with Crippen LogP contribution in [0.15, 0.2) is 28.7 Å². The summed E-state index contributed by atoms with van der Waals surface area (Å²) in [7, 11) is 0. The summed E-state index contributed by atoms with van der Waals surface area (Å²) in [6.45, 7) is 8.21. The van der Waals surface area contributed by atoms with Gasteiger partial charge in [0.05, 0.1) is 5.56 Å². The number of benzene rings is 2. The van der Waals surface area contributed by atoms with E-state index < -0.39 is 5.97 Å². The molecule has 2 nitrogen and oxygen atoms in total. The van der Waals surface area contributed by atoms with Gasteiger partial charge < -0.3 is 5.11 Å². The monoisotopic (exact) mass is 332 g/mol. The van der Waals surface area contributed by atoms with E-state index in [-0.39, 0.29) is 0 Å². The van der Waals surface area contributed by atoms with Crippen LogP contribution in [0.2, 0.25) is 0 Å². The van der Waals surface area contributed by atoms with E-state index in [1.807, 2.05) is 26.0 Å². The highest BCUT2D eigenvalue weighted by molar-refractivity contribution is 9.10. The molecular formula is C17H17BrO2. The van der Waals surface area contributed by atoms with Gasteiger partial charge in [-0.1, -0.05) is 28.1 Å². The summed E-state index contributed by atoms with van der Waals surface area (Å²) in [6.07, 6.45) is 0. The van der Waals surface area contributed by atoms with Crippen LogP contribution in [-0.4, -0.2) is 11.1 Å². The fraction of sp³-hybridized carbons (Fsp3) is 0.235. The van der Waals surface area contributed by atoms with Gasteiger partial charge in [-0.05, 0) is 73.2 Å². The maximum atomic E-state index is 11.5. The summed E-state index contributed by atoms with van der Waals surface area (Å²) in [5.74, 6) is -0.903. The lowest BCUT2D eigenvalue weighted by atomic mass is 9.87. The average Bonchev–Trinajstić information content (AvgIpc) is 2.38. The van der Waals surface area contributed by atoms with Gasteiger partial charge in [0.2, 0.25) is 0 Å². The zero-order valence-electron chi connectivity index (χ0n) is 12.0. The standard InChI is InChI=1S/C17H17BrO2/c1-9-7-10(2)12(4)16(11(9)3)14-6-5-13(18)8-15(14)17(19)20/h5-8H,1-4H3,(H,19,20). The number of hydrogen-bond donors (Lipinski definition) is 1. The van der Waals surface area contributed by atoms with E-state index in [0.717, 1.165) is 26.7 Å². The van der Waals surface area contributed by atoms with E-state index in [0.29, 0.717) is 5.56 Å². The summed E-state index contributed by atoms with van der Waals surface area (Å²) < 4.78 is 0.776. The number of aryl methyl sites for hydroxylation is 2. The van der Waals surface area contributed by atoms with Gasteiger partial charge in [-0.2, -0.15) is 0 Å². The zero-order valence-corrected chi connectivity index (χ0v) is 13.6. The third kappa shape index (κ3) is 2.50. The molecule has 0 atom stereocenters. The zero-order chi connectivity index (χ0) is 15.0. The van der Waals surface area contributed by atoms with Crippen molar-refractivity contribution in [3.8, 4) is 11.1 Å². The molecular weight excluding hydrogens is 316 g/mol. The fourth-order valence-electron chi connectivity index (χ4n) is 2.53. The molecule has 0 spiro atoms. The maximum Gasteiger partial charge on any atom is 0.336 e. The van der Waals surface area contributed by atoms with Crippen molar-refractivity contribution in [3.63, 3.8) is 0 Å². The van der Waals surface area contributed by atoms with Crippen LogP contribution in [0, 0.1) is 27.7 Å². The van der Waals surface area contributed by atoms with Crippen molar-refractivity contribution < 1.29 is 9.90 Å². The van der Waals surface area contributed by atoms with E-state index in [2.05, 4.69) is 35.8 Å². The highest BCUT2D eigenvalue weighted by atomic mass is 79.9. The molecule has 0 amide bonds. The van der Waals surface area contributed by atoms with Gasteiger partial charge in [-0.25, -0.2) is 4.79 Å². The Kier molecular flexibility index (Phi) is 4.00. The first-order valence-corrected chi connectivity index (χ1v) is 7.23. The molecule has 0 aliphatic heterocycles. The van der Waals surface area contributed by atoms with Crippen molar-refractivity contribution in [2.24, 2.45) is 0 Å². The van der Waals surface area contributed by atoms with Crippen LogP contribution in [0.25, 0.3) is 11.1 Å². The molecule has 0 unspecified atom stereocenters. The first kappa shape index (κ1) is 14.8. The summed E-state index contributed by atoms with van der Waals surface area (Å²) in [4.78, 5) is 11.5. The Labute approximate surface area is 127 Å². The van der Waals surface area contributed by atoms with E-state index in [4.69, 9.17) is 0 Å². The fourth-order valence-corrected chi connectivity index (χ4v) is 2.89. The van der Waals surface area contributed by atoms with Gasteiger partial charge in [0.25, 0.3) is 0 Å². The second-order valence-electron chi connectivity index (χ2n) is 5.13. The molecule has 1 N–H and O–H groups in total. The predicted octanol–water partition coefficient (Wildman–Crippen LogP) is 5.05. The molecule has 2 aromatic carbocycles. The smallest absolute Gasteiger partial charge is 0.336 e. The molecule has 2 aromatic rings. The van der Waals surface area contributed by atoms with Crippen molar-refractivity contribution in [2.75, 3.05) is 0 Å². The third-order valence-electron chi connectivity index (χ3n) is 3.85. The number of rotatable bonds is 2. The Balaban J connectivity index is 2.85. The molecule has 0 saturated heterocycles. The lowest BCUT2D eigenvalue weighted by molar-refractivity contribution is 0.0697. The normalized spacial score (nSPS) is 10.7. The van der Waals surface area contributed by atoms with Crippen molar-refractivity contribution in [1.82, 2.24) is 0 Å². The van der Waals surface area contributed by atoms with Crippen LogP contribution in [0.1, 0.15) is 32.6 Å². The molecule has 0 aromatic heterocycles. The Morgan fingerprint density at radius 3 is 2.05 bits per heavy atom. The highest BCUT2D eigenvalue weighted by Gasteiger charge is 2.17. The van der Waals surface area contributed by atoms with Gasteiger partial charge in [-0.15, -0.1) is 0 Å². The van der Waals surface area contributed by atoms with Gasteiger partial charge in [0, 0.05) is 4.47 Å². The third-order valence-corrected chi connectivity index (χ3v) is 4.34. The molecule has 104 valence electrons. The number of carboxylic acids is 1. The lowest BCUT2D eigenvalue weighted by Crippen LogP contribution is -2.03. The minimum atomic E-state index is -0.903. The van der Waals surface area contributed by atoms with Crippen molar-refractivity contribution >= 4 is 21.9 Å². The molecule has 20 heavy (non-hydrogen) atoms. The van der Waals surface area contributed by atoms with Gasteiger partial charge in [-0.3, -0.25) is 0 Å². The minimum Gasteiger partial charge on any atom is -0.478 e. The van der Waals surface area contributed by atoms with Gasteiger partial charge >= 0.3 is 5.97 Å². The summed E-state index contributed by atoms with van der Waals surface area (Å²) in [5.41, 5.74) is 6.78. The minimum absolute atomic E-state index is 0.329. The number of halogens is 1. The van der Waals surface area contributed by atoms with Gasteiger partial charge in [0.1, 0.15) is 0 Å². The number of aromatic carboxylic acids is 1. The van der Waals surface area contributed by atoms with Crippen molar-refractivity contribution in [1.29, 1.82) is 0 Å². The summed E-state index contributed by atoms with van der Waals surface area (Å²) in [6, 6.07) is 7.57. The van der Waals surface area contributed by atoms with Crippen molar-refractivity contribution in [2.45, 2.75) is 27.7 Å². The molecule has 0 heterocycles. The largest absolute Gasteiger partial charge is 0.478 e. The summed E-state index contributed by atoms with van der Waals surface area (Å²) in [5, 5.41) is 9.45. The van der Waals surface area contributed by atoms with Crippen LogP contribution < -0.4 is 0 Å². The topological polar surface area (TPSA) is 37.3 Å². The van der Waals surface area contributed by atoms with Crippen LogP contribution in [0.3, 0.4) is 0 Å². The molecule has 0 bridgehead atoms. The molecule has 0 radical (unpaired) electrons. The molecule has 0 aliphatic carbocycles. The van der Waals surface area contributed by atoms with Crippen LogP contribution in [-0.2, 0) is 0 Å². The lowest BCUT2D eigenvalue weighted by Gasteiger charge is -2.17. The van der Waals surface area contributed by atoms with Gasteiger partial charge in [0.15, 0.2) is 0 Å². The van der Waals surface area contributed by atoms with E-state index in [9.17, 15) is 9.90 Å². The Morgan fingerprint density at radius 2 is 1.55 bits per heavy atom. The van der Waals surface area contributed by atoms with Crippen molar-refractivity contribution in [3.05, 3.63) is 56.6 Å². The first-order valence-electron chi connectivity index (χ1n) is 6.43. The number of carbonyl (C=O) groups is 1. The Bertz CT molecular complexity index is 676. The Morgan fingerprint density at radius 1 is 1.00 bits per heavy atom. The van der Waals surface area contributed by atoms with Crippen LogP contribution >= 0.6 is 15.9 Å².